The average Bonchev–Trinajstić information content (AvgIpc) is 3.78. The molecule has 3 aromatic carbocycles. The molecule has 0 N–H and O–H groups in total. The van der Waals surface area contributed by atoms with Crippen LogP contribution in [0, 0.1) is 34.3 Å². The minimum absolute atomic E-state index is 0.0528. The summed E-state index contributed by atoms with van der Waals surface area (Å²) < 4.78 is 34.2. The van der Waals surface area contributed by atoms with E-state index < -0.39 is 20.0 Å². The first-order valence-corrected chi connectivity index (χ1v) is 19.9. The van der Waals surface area contributed by atoms with Gasteiger partial charge >= 0.3 is 0 Å². The molecule has 5 nitrogen and oxygen atoms in total. The third-order valence-corrected chi connectivity index (χ3v) is 15.5. The van der Waals surface area contributed by atoms with Crippen LogP contribution in [0.2, 0.25) is 18.1 Å². The predicted octanol–water partition coefficient (Wildman–Crippen LogP) is 11.1. The fraction of sp³-hybridized carbons (Fsp3) is 0.257. The molecule has 0 fully saturated rings. The van der Waals surface area contributed by atoms with Crippen molar-refractivity contribution in [3.8, 4) is 43.6 Å². The number of fused-ring (bicyclic) bond motifs is 1. The van der Waals surface area contributed by atoms with Gasteiger partial charge in [-0.2, -0.15) is 10.5 Å². The second-order valence-corrected chi connectivity index (χ2v) is 20.5. The maximum atomic E-state index is 13.7. The van der Waals surface area contributed by atoms with Gasteiger partial charge in [-0.3, -0.25) is 0 Å². The number of thiazole rings is 2. The Morgan fingerprint density at radius 1 is 0.891 bits per heavy atom. The molecule has 6 rings (SSSR count). The summed E-state index contributed by atoms with van der Waals surface area (Å²) in [6.07, 6.45) is 5.62. The first-order chi connectivity index (χ1) is 21.8. The van der Waals surface area contributed by atoms with Crippen LogP contribution in [0.3, 0.4) is 0 Å². The molecule has 1 aliphatic carbocycles. The number of halogens is 3. The first kappa shape index (κ1) is 33.8. The largest absolute Gasteiger partial charge is 0.410 e. The first-order valence-electron chi connectivity index (χ1n) is 14.6. The molecule has 234 valence electrons. The van der Waals surface area contributed by atoms with Crippen molar-refractivity contribution in [2.75, 3.05) is 0 Å². The van der Waals surface area contributed by atoms with Gasteiger partial charge in [0, 0.05) is 18.0 Å². The molecule has 0 saturated carbocycles. The summed E-state index contributed by atoms with van der Waals surface area (Å²) in [6.45, 7) is 11.4. The molecule has 46 heavy (non-hydrogen) atoms. The highest BCUT2D eigenvalue weighted by atomic mass is 79.9. The molecular formula is C35H31BrF2N4OS2Si. The topological polar surface area (TPSA) is 82.6 Å². The van der Waals surface area contributed by atoms with Crippen molar-refractivity contribution in [2.24, 2.45) is 0 Å². The van der Waals surface area contributed by atoms with Crippen molar-refractivity contribution in [1.29, 1.82) is 10.5 Å². The van der Waals surface area contributed by atoms with Crippen molar-refractivity contribution < 1.29 is 13.2 Å². The van der Waals surface area contributed by atoms with E-state index in [4.69, 9.17) is 14.9 Å². The van der Waals surface area contributed by atoms with Gasteiger partial charge in [-0.1, -0.05) is 51.1 Å². The molecule has 0 spiro atoms. The predicted molar refractivity (Wildman–Crippen MR) is 187 cm³/mol. The van der Waals surface area contributed by atoms with Crippen LogP contribution >= 0.6 is 38.6 Å². The van der Waals surface area contributed by atoms with Crippen molar-refractivity contribution in [2.45, 2.75) is 57.8 Å². The summed E-state index contributed by atoms with van der Waals surface area (Å²) in [4.78, 5) is 10.5. The quantitative estimate of drug-likeness (QED) is 0.168. The normalized spacial score (nSPS) is 14.2. The maximum Gasteiger partial charge on any atom is 0.192 e. The lowest BCUT2D eigenvalue weighted by Gasteiger charge is -2.38. The van der Waals surface area contributed by atoms with Crippen LogP contribution in [-0.4, -0.2) is 18.3 Å². The molecule has 1 atom stereocenters. The Morgan fingerprint density at radius 3 is 2.02 bits per heavy atom. The van der Waals surface area contributed by atoms with E-state index in [0.717, 1.165) is 48.2 Å². The van der Waals surface area contributed by atoms with Crippen LogP contribution in [-0.2, 0) is 10.8 Å². The zero-order valence-corrected chi connectivity index (χ0v) is 30.2. The van der Waals surface area contributed by atoms with Crippen LogP contribution in [0.5, 0.6) is 0 Å². The zero-order chi connectivity index (χ0) is 33.2. The number of rotatable bonds is 5. The number of benzene rings is 3. The second-order valence-electron chi connectivity index (χ2n) is 12.4. The third kappa shape index (κ3) is 7.20. The van der Waals surface area contributed by atoms with Crippen LogP contribution in [0.1, 0.15) is 55.5 Å². The molecule has 1 aliphatic rings. The van der Waals surface area contributed by atoms with Crippen LogP contribution in [0.25, 0.3) is 31.5 Å². The van der Waals surface area contributed by atoms with Gasteiger partial charge in [0.25, 0.3) is 0 Å². The van der Waals surface area contributed by atoms with E-state index in [9.17, 15) is 8.78 Å². The standard InChI is InChI=1S/C25H27FN2OSSi.C10H4BrFN2S/c1-25(2,3)31(4,5)29-22-12-10-18-19(22)7-6-8-20(18)24-28-15-23(30-24)16-9-11-21(26)17(13-16)14-27;11-10-14-5-9(15-10)6-1-2-8(12)7(3-6)4-13/h6-9,11,13,15,22H,10,12H2,1-5H3;1-3,5H. The number of hydrogen-bond donors (Lipinski definition) is 0. The highest BCUT2D eigenvalue weighted by Crippen LogP contribution is 2.46. The molecule has 0 bridgehead atoms. The van der Waals surface area contributed by atoms with Crippen LogP contribution in [0.15, 0.2) is 70.9 Å². The Morgan fingerprint density at radius 2 is 1.48 bits per heavy atom. The van der Waals surface area contributed by atoms with E-state index in [1.807, 2.05) is 18.3 Å². The molecule has 5 aromatic rings. The Hall–Kier alpha value is -3.58. The Kier molecular flexibility index (Phi) is 10.0. The van der Waals surface area contributed by atoms with Gasteiger partial charge in [-0.25, -0.2) is 18.7 Å². The fourth-order valence-electron chi connectivity index (χ4n) is 4.92. The van der Waals surface area contributed by atoms with E-state index in [1.165, 1.54) is 40.7 Å². The minimum atomic E-state index is -1.86. The molecular weight excluding hydrogens is 703 g/mol. The van der Waals surface area contributed by atoms with Gasteiger partial charge in [0.2, 0.25) is 0 Å². The van der Waals surface area contributed by atoms with Gasteiger partial charge in [-0.15, -0.1) is 22.7 Å². The van der Waals surface area contributed by atoms with E-state index in [-0.39, 0.29) is 22.3 Å². The summed E-state index contributed by atoms with van der Waals surface area (Å²) in [5.41, 5.74) is 5.48. The second kappa shape index (κ2) is 13.6. The fourth-order valence-corrected chi connectivity index (χ4v) is 8.46. The molecule has 1 unspecified atom stereocenters. The van der Waals surface area contributed by atoms with Gasteiger partial charge in [0.15, 0.2) is 12.2 Å². The molecule has 2 aromatic heterocycles. The van der Waals surface area contributed by atoms with E-state index in [2.05, 4.69) is 78.0 Å². The molecule has 0 saturated heterocycles. The lowest BCUT2D eigenvalue weighted by Crippen LogP contribution is -2.41. The summed E-state index contributed by atoms with van der Waals surface area (Å²) in [5.74, 6) is -0.991. The third-order valence-electron chi connectivity index (χ3n) is 8.41. The summed E-state index contributed by atoms with van der Waals surface area (Å²) >= 11 is 6.26. The van der Waals surface area contributed by atoms with Crippen LogP contribution < -0.4 is 0 Å². The average molecular weight is 734 g/mol. The SMILES string of the molecule is CC(C)(C)[Si](C)(C)OC1CCc2c(-c3ncc(-c4ccc(F)c(C#N)c4)s3)cccc21.N#Cc1cc(-c2cnc(Br)s2)ccc1F. The van der Waals surface area contributed by atoms with Gasteiger partial charge in [0.05, 0.1) is 27.0 Å². The molecule has 0 amide bonds. The van der Waals surface area contributed by atoms with E-state index >= 15 is 0 Å². The lowest BCUT2D eigenvalue weighted by molar-refractivity contribution is 0.185. The van der Waals surface area contributed by atoms with E-state index in [1.54, 1.807) is 35.7 Å². The number of nitrogens with zero attached hydrogens (tertiary/aromatic N) is 4. The number of aromatic nitrogens is 2. The smallest absolute Gasteiger partial charge is 0.192 e. The summed E-state index contributed by atoms with van der Waals surface area (Å²) in [5, 5.41) is 18.9. The molecule has 0 radical (unpaired) electrons. The number of nitriles is 2. The maximum absolute atomic E-state index is 13.7. The van der Waals surface area contributed by atoms with Gasteiger partial charge in [0.1, 0.15) is 28.8 Å². The van der Waals surface area contributed by atoms with Crippen molar-refractivity contribution >= 4 is 46.9 Å². The Bertz CT molecular complexity index is 1990. The zero-order valence-electron chi connectivity index (χ0n) is 26.0. The minimum Gasteiger partial charge on any atom is -0.410 e. The molecule has 0 aliphatic heterocycles. The molecule has 11 heteroatoms. The Balaban J connectivity index is 0.000000232. The van der Waals surface area contributed by atoms with Crippen LogP contribution in [0.4, 0.5) is 8.78 Å². The Labute approximate surface area is 285 Å². The highest BCUT2D eigenvalue weighted by Gasteiger charge is 2.41. The summed E-state index contributed by atoms with van der Waals surface area (Å²) in [7, 11) is -1.86. The van der Waals surface area contributed by atoms with Crippen molar-refractivity contribution in [1.82, 2.24) is 9.97 Å². The highest BCUT2D eigenvalue weighted by molar-refractivity contribution is 9.11. The molecule has 2 heterocycles. The lowest BCUT2D eigenvalue weighted by atomic mass is 10.0. The van der Waals surface area contributed by atoms with E-state index in [0.29, 0.717) is 0 Å². The van der Waals surface area contributed by atoms with Gasteiger partial charge in [-0.05, 0) is 93.4 Å². The van der Waals surface area contributed by atoms with Gasteiger partial charge < -0.3 is 4.43 Å². The van der Waals surface area contributed by atoms with Crippen molar-refractivity contribution in [3.63, 3.8) is 0 Å². The summed E-state index contributed by atoms with van der Waals surface area (Å²) in [6, 6.07) is 19.2. The van der Waals surface area contributed by atoms with Crippen molar-refractivity contribution in [3.05, 3.63) is 105 Å². The number of hydrogen-bond acceptors (Lipinski definition) is 7. The monoisotopic (exact) mass is 732 g/mol.